The van der Waals surface area contributed by atoms with Gasteiger partial charge in [-0.2, -0.15) is 0 Å². The normalized spacial score (nSPS) is 10.5. The maximum Gasteiger partial charge on any atom is 0.159 e. The van der Waals surface area contributed by atoms with Gasteiger partial charge in [0.2, 0.25) is 0 Å². The fourth-order valence-corrected chi connectivity index (χ4v) is 2.38. The molecule has 0 spiro atoms. The van der Waals surface area contributed by atoms with Crippen LogP contribution in [0.1, 0.15) is 19.4 Å². The highest BCUT2D eigenvalue weighted by Crippen LogP contribution is 2.30. The van der Waals surface area contributed by atoms with E-state index in [0.717, 1.165) is 30.2 Å². The van der Waals surface area contributed by atoms with E-state index in [0.29, 0.717) is 16.5 Å². The summed E-state index contributed by atoms with van der Waals surface area (Å²) in [6.45, 7) is 7.81. The van der Waals surface area contributed by atoms with Gasteiger partial charge in [-0.3, -0.25) is 0 Å². The first-order valence-corrected chi connectivity index (χ1v) is 7.33. The first kappa shape index (κ1) is 15.4. The van der Waals surface area contributed by atoms with Crippen LogP contribution in [0.25, 0.3) is 0 Å². The Morgan fingerprint density at radius 3 is 2.57 bits per heavy atom. The molecule has 0 unspecified atom stereocenters. The van der Waals surface area contributed by atoms with Gasteiger partial charge in [0.1, 0.15) is 12.0 Å². The third-order valence-corrected chi connectivity index (χ3v) is 3.60. The zero-order valence-electron chi connectivity index (χ0n) is 12.5. The van der Waals surface area contributed by atoms with Gasteiger partial charge in [0.25, 0.3) is 0 Å². The number of benzene rings is 1. The zero-order valence-corrected chi connectivity index (χ0v) is 13.3. The van der Waals surface area contributed by atoms with Crippen molar-refractivity contribution in [3.05, 3.63) is 35.1 Å². The molecule has 3 N–H and O–H groups in total. The molecule has 6 heteroatoms. The van der Waals surface area contributed by atoms with Crippen LogP contribution in [0.2, 0.25) is 5.02 Å². The van der Waals surface area contributed by atoms with Crippen LogP contribution in [0, 0.1) is 6.92 Å². The number of hydrogen-bond acceptors (Lipinski definition) is 5. The lowest BCUT2D eigenvalue weighted by Gasteiger charge is -2.22. The molecule has 0 bridgehead atoms. The van der Waals surface area contributed by atoms with Gasteiger partial charge in [0.05, 0.1) is 0 Å². The van der Waals surface area contributed by atoms with Crippen LogP contribution in [-0.4, -0.2) is 23.1 Å². The molecule has 0 atom stereocenters. The topological polar surface area (TPSA) is 67.1 Å². The lowest BCUT2D eigenvalue weighted by Crippen LogP contribution is -2.24. The smallest absolute Gasteiger partial charge is 0.159 e. The zero-order chi connectivity index (χ0) is 15.4. The second-order valence-electron chi connectivity index (χ2n) is 4.72. The van der Waals surface area contributed by atoms with Crippen molar-refractivity contribution in [1.82, 2.24) is 9.97 Å². The van der Waals surface area contributed by atoms with Crippen LogP contribution in [0.4, 0.5) is 23.0 Å². The number of rotatable bonds is 5. The Hall–Kier alpha value is -2.01. The monoisotopic (exact) mass is 305 g/mol. The van der Waals surface area contributed by atoms with Gasteiger partial charge in [0, 0.05) is 23.8 Å². The van der Waals surface area contributed by atoms with E-state index in [9.17, 15) is 0 Å². The Balaban J connectivity index is 2.34. The van der Waals surface area contributed by atoms with Crippen molar-refractivity contribution in [2.75, 3.05) is 29.0 Å². The second kappa shape index (κ2) is 6.63. The molecular formula is C15H20ClN5. The second-order valence-corrected chi connectivity index (χ2v) is 5.15. The molecule has 0 radical (unpaired) electrons. The molecule has 1 aromatic carbocycles. The number of nitrogens with one attached hydrogen (secondary N) is 1. The fourth-order valence-electron chi connectivity index (χ4n) is 2.16. The van der Waals surface area contributed by atoms with Crippen molar-refractivity contribution in [2.24, 2.45) is 0 Å². The molecule has 5 nitrogen and oxygen atoms in total. The van der Waals surface area contributed by atoms with Gasteiger partial charge in [-0.15, -0.1) is 0 Å². The lowest BCUT2D eigenvalue weighted by atomic mass is 10.2. The van der Waals surface area contributed by atoms with Crippen molar-refractivity contribution in [3.8, 4) is 0 Å². The Bertz CT molecular complexity index is 625. The summed E-state index contributed by atoms with van der Waals surface area (Å²) >= 11 is 5.97. The summed E-state index contributed by atoms with van der Waals surface area (Å²) in [7, 11) is 0. The van der Waals surface area contributed by atoms with E-state index in [4.69, 9.17) is 17.3 Å². The van der Waals surface area contributed by atoms with Crippen LogP contribution in [0.3, 0.4) is 0 Å². The summed E-state index contributed by atoms with van der Waals surface area (Å²) in [4.78, 5) is 10.6. The van der Waals surface area contributed by atoms with Crippen LogP contribution in [0.5, 0.6) is 0 Å². The number of anilines is 4. The summed E-state index contributed by atoms with van der Waals surface area (Å²) in [5.74, 6) is 1.36. The Morgan fingerprint density at radius 1 is 1.24 bits per heavy atom. The minimum atomic E-state index is 0.551. The summed E-state index contributed by atoms with van der Waals surface area (Å²) in [5.41, 5.74) is 8.72. The predicted molar refractivity (Wildman–Crippen MR) is 89.5 cm³/mol. The quantitative estimate of drug-likeness (QED) is 0.883. The van der Waals surface area contributed by atoms with Crippen LogP contribution >= 0.6 is 11.6 Å². The molecule has 0 aliphatic carbocycles. The average Bonchev–Trinajstić information content (AvgIpc) is 2.46. The van der Waals surface area contributed by atoms with Gasteiger partial charge in [-0.05, 0) is 44.5 Å². The maximum atomic E-state index is 6.21. The summed E-state index contributed by atoms with van der Waals surface area (Å²) < 4.78 is 0. The maximum absolute atomic E-state index is 6.21. The molecule has 0 aliphatic rings. The molecule has 21 heavy (non-hydrogen) atoms. The molecule has 1 heterocycles. The van der Waals surface area contributed by atoms with E-state index in [1.54, 1.807) is 0 Å². The number of nitrogen functional groups attached to an aromatic ring is 1. The van der Waals surface area contributed by atoms with Crippen molar-refractivity contribution in [1.29, 1.82) is 0 Å². The molecule has 0 saturated carbocycles. The molecule has 2 aromatic rings. The summed E-state index contributed by atoms with van der Waals surface area (Å²) in [6.07, 6.45) is 1.53. The molecule has 0 aliphatic heterocycles. The van der Waals surface area contributed by atoms with Gasteiger partial charge < -0.3 is 16.0 Å². The number of hydrogen-bond donors (Lipinski definition) is 2. The van der Waals surface area contributed by atoms with Gasteiger partial charge in [-0.1, -0.05) is 11.6 Å². The number of nitrogens with zero attached hydrogens (tertiary/aromatic N) is 3. The largest absolute Gasteiger partial charge is 0.393 e. The summed E-state index contributed by atoms with van der Waals surface area (Å²) in [5, 5.41) is 3.96. The van der Waals surface area contributed by atoms with Gasteiger partial charge in [0.15, 0.2) is 11.6 Å². The van der Waals surface area contributed by atoms with E-state index in [1.165, 1.54) is 6.33 Å². The molecule has 2 rings (SSSR count). The number of aromatic nitrogens is 2. The fraction of sp³-hybridized carbons (Fsp3) is 0.333. The highest BCUT2D eigenvalue weighted by atomic mass is 35.5. The Morgan fingerprint density at radius 2 is 1.95 bits per heavy atom. The highest BCUT2D eigenvalue weighted by Gasteiger charge is 2.13. The van der Waals surface area contributed by atoms with Crippen molar-refractivity contribution in [3.63, 3.8) is 0 Å². The standard InChI is InChI=1S/C15H20ClN5/c1-4-21(5-2)15-13(17)14(18-9-19-15)20-12-7-6-11(16)8-10(12)3/h6-9H,4-5,17H2,1-3H3,(H,18,19,20). The number of halogens is 1. The third-order valence-electron chi connectivity index (χ3n) is 3.37. The van der Waals surface area contributed by atoms with E-state index >= 15 is 0 Å². The Labute approximate surface area is 130 Å². The number of nitrogens with two attached hydrogens (primary N) is 1. The van der Waals surface area contributed by atoms with Crippen LogP contribution < -0.4 is 16.0 Å². The van der Waals surface area contributed by atoms with E-state index in [1.807, 2.05) is 25.1 Å². The molecule has 0 amide bonds. The van der Waals surface area contributed by atoms with Crippen molar-refractivity contribution < 1.29 is 0 Å². The SMILES string of the molecule is CCN(CC)c1ncnc(Nc2ccc(Cl)cc2C)c1N. The van der Waals surface area contributed by atoms with E-state index in [-0.39, 0.29) is 0 Å². The van der Waals surface area contributed by atoms with Crippen molar-refractivity contribution >= 4 is 34.6 Å². The van der Waals surface area contributed by atoms with Crippen LogP contribution in [0.15, 0.2) is 24.5 Å². The molecule has 1 aromatic heterocycles. The minimum Gasteiger partial charge on any atom is -0.393 e. The lowest BCUT2D eigenvalue weighted by molar-refractivity contribution is 0.844. The average molecular weight is 306 g/mol. The first-order chi connectivity index (χ1) is 10.1. The third kappa shape index (κ3) is 3.36. The molecule has 112 valence electrons. The van der Waals surface area contributed by atoms with Crippen LogP contribution in [-0.2, 0) is 0 Å². The summed E-state index contributed by atoms with van der Waals surface area (Å²) in [6, 6.07) is 5.64. The van der Waals surface area contributed by atoms with Crippen molar-refractivity contribution in [2.45, 2.75) is 20.8 Å². The molecule has 0 saturated heterocycles. The molecular weight excluding hydrogens is 286 g/mol. The Kier molecular flexibility index (Phi) is 4.85. The van der Waals surface area contributed by atoms with E-state index in [2.05, 4.69) is 34.0 Å². The highest BCUT2D eigenvalue weighted by molar-refractivity contribution is 6.30. The van der Waals surface area contributed by atoms with E-state index < -0.39 is 0 Å². The van der Waals surface area contributed by atoms with Gasteiger partial charge in [-0.25, -0.2) is 9.97 Å². The first-order valence-electron chi connectivity index (χ1n) is 6.95. The predicted octanol–water partition coefficient (Wildman–Crippen LogP) is 3.61. The number of aryl methyl sites for hydroxylation is 1. The van der Waals surface area contributed by atoms with Gasteiger partial charge >= 0.3 is 0 Å². The molecule has 0 fully saturated rings. The minimum absolute atomic E-state index is 0.551.